The zero-order valence-corrected chi connectivity index (χ0v) is 16.1. The molecule has 3 aromatic rings. The van der Waals surface area contributed by atoms with E-state index in [2.05, 4.69) is 24.1 Å². The largest absolute Gasteiger partial charge is 0.490 e. The number of aromatic nitrogens is 1. The number of carbonyl (C=O) groups is 1. The van der Waals surface area contributed by atoms with Crippen LogP contribution in [0, 0.1) is 5.92 Å². The number of hydrogen-bond donors (Lipinski definition) is 1. The number of nitrogens with one attached hydrogen (secondary N) is 1. The number of ether oxygens (including phenoxy) is 2. The molecule has 0 saturated carbocycles. The third kappa shape index (κ3) is 3.79. The third-order valence-electron chi connectivity index (χ3n) is 4.92. The number of nitrogens with zero attached hydrogens (tertiary/aromatic N) is 1. The van der Waals surface area contributed by atoms with E-state index < -0.39 is 0 Å². The molecule has 1 N–H and O–H groups in total. The lowest BCUT2D eigenvalue weighted by Gasteiger charge is -2.23. The van der Waals surface area contributed by atoms with Crippen molar-refractivity contribution in [3.8, 4) is 11.5 Å². The van der Waals surface area contributed by atoms with Crippen LogP contribution in [0.5, 0.6) is 11.5 Å². The van der Waals surface area contributed by atoms with E-state index in [0.717, 1.165) is 34.4 Å². The SMILES string of the molecule is CC(C)C(NC(=O)c1ccc2ccccc2n1)c1ccc2c(c1)OCCCO2. The summed E-state index contributed by atoms with van der Waals surface area (Å²) >= 11 is 0. The molecular weight excluding hydrogens is 352 g/mol. The van der Waals surface area contributed by atoms with Gasteiger partial charge < -0.3 is 14.8 Å². The van der Waals surface area contributed by atoms with Gasteiger partial charge in [-0.2, -0.15) is 0 Å². The maximum absolute atomic E-state index is 12.9. The van der Waals surface area contributed by atoms with Crippen LogP contribution in [0.15, 0.2) is 54.6 Å². The standard InChI is InChI=1S/C23H24N2O3/c1-15(2)22(17-9-11-20-21(14-17)28-13-5-12-27-20)25-23(26)19-10-8-16-6-3-4-7-18(16)24-19/h3-4,6-11,14-15,22H,5,12-13H2,1-2H3,(H,25,26). The second kappa shape index (κ2) is 7.89. The molecule has 2 aromatic carbocycles. The molecule has 1 unspecified atom stereocenters. The summed E-state index contributed by atoms with van der Waals surface area (Å²) in [6.45, 7) is 5.46. The summed E-state index contributed by atoms with van der Waals surface area (Å²) < 4.78 is 11.5. The van der Waals surface area contributed by atoms with Crippen LogP contribution in [0.1, 0.15) is 42.4 Å². The number of hydrogen-bond acceptors (Lipinski definition) is 4. The van der Waals surface area contributed by atoms with E-state index in [1.165, 1.54) is 0 Å². The number of pyridine rings is 1. The van der Waals surface area contributed by atoms with Gasteiger partial charge in [0.15, 0.2) is 11.5 Å². The van der Waals surface area contributed by atoms with Gasteiger partial charge in [0.25, 0.3) is 5.91 Å². The summed E-state index contributed by atoms with van der Waals surface area (Å²) in [5, 5.41) is 4.15. The number of rotatable bonds is 4. The summed E-state index contributed by atoms with van der Waals surface area (Å²) in [6.07, 6.45) is 0.863. The number of para-hydroxylation sites is 1. The van der Waals surface area contributed by atoms with Crippen LogP contribution < -0.4 is 14.8 Å². The van der Waals surface area contributed by atoms with Crippen molar-refractivity contribution in [1.29, 1.82) is 0 Å². The number of fused-ring (bicyclic) bond motifs is 2. The third-order valence-corrected chi connectivity index (χ3v) is 4.92. The topological polar surface area (TPSA) is 60.5 Å². The predicted octanol–water partition coefficient (Wildman–Crippen LogP) is 4.52. The highest BCUT2D eigenvalue weighted by Gasteiger charge is 2.22. The smallest absolute Gasteiger partial charge is 0.270 e. The normalized spacial score (nSPS) is 14.5. The van der Waals surface area contributed by atoms with Gasteiger partial charge in [-0.15, -0.1) is 0 Å². The summed E-state index contributed by atoms with van der Waals surface area (Å²) in [5.74, 6) is 1.51. The second-order valence-electron chi connectivity index (χ2n) is 7.34. The van der Waals surface area contributed by atoms with E-state index in [4.69, 9.17) is 9.47 Å². The van der Waals surface area contributed by atoms with E-state index in [1.54, 1.807) is 6.07 Å². The highest BCUT2D eigenvalue weighted by Crippen LogP contribution is 2.34. The molecule has 0 radical (unpaired) electrons. The van der Waals surface area contributed by atoms with Crippen molar-refractivity contribution in [3.05, 3.63) is 65.9 Å². The predicted molar refractivity (Wildman–Crippen MR) is 109 cm³/mol. The molecule has 28 heavy (non-hydrogen) atoms. The van der Waals surface area contributed by atoms with E-state index >= 15 is 0 Å². The Morgan fingerprint density at radius 3 is 2.61 bits per heavy atom. The van der Waals surface area contributed by atoms with Gasteiger partial charge in [-0.25, -0.2) is 4.98 Å². The van der Waals surface area contributed by atoms with Gasteiger partial charge in [0.05, 0.1) is 24.8 Å². The fourth-order valence-corrected chi connectivity index (χ4v) is 3.42. The summed E-state index contributed by atoms with van der Waals surface area (Å²) in [4.78, 5) is 17.4. The van der Waals surface area contributed by atoms with Crippen molar-refractivity contribution in [2.45, 2.75) is 26.3 Å². The molecule has 1 aliphatic rings. The summed E-state index contributed by atoms with van der Waals surface area (Å²) in [6, 6.07) is 17.2. The minimum absolute atomic E-state index is 0.155. The Hall–Kier alpha value is -3.08. The first-order valence-electron chi connectivity index (χ1n) is 9.68. The van der Waals surface area contributed by atoms with Crippen LogP contribution in [0.4, 0.5) is 0 Å². The van der Waals surface area contributed by atoms with Crippen molar-refractivity contribution in [2.75, 3.05) is 13.2 Å². The van der Waals surface area contributed by atoms with Gasteiger partial charge in [-0.3, -0.25) is 4.79 Å². The van der Waals surface area contributed by atoms with Crippen LogP contribution in [-0.2, 0) is 0 Å². The van der Waals surface area contributed by atoms with Crippen molar-refractivity contribution in [1.82, 2.24) is 10.3 Å². The lowest BCUT2D eigenvalue weighted by atomic mass is 9.95. The molecule has 1 aromatic heterocycles. The van der Waals surface area contributed by atoms with Crippen LogP contribution in [0.25, 0.3) is 10.9 Å². The Balaban J connectivity index is 1.59. The Morgan fingerprint density at radius 1 is 1.00 bits per heavy atom. The molecule has 144 valence electrons. The number of amides is 1. The molecule has 5 heteroatoms. The fraction of sp³-hybridized carbons (Fsp3) is 0.304. The van der Waals surface area contributed by atoms with E-state index in [9.17, 15) is 4.79 Å². The van der Waals surface area contributed by atoms with Crippen molar-refractivity contribution in [3.63, 3.8) is 0 Å². The molecule has 0 saturated heterocycles. The van der Waals surface area contributed by atoms with Gasteiger partial charge in [0.2, 0.25) is 0 Å². The number of carbonyl (C=O) groups excluding carboxylic acids is 1. The van der Waals surface area contributed by atoms with E-state index in [1.807, 2.05) is 48.5 Å². The first-order valence-corrected chi connectivity index (χ1v) is 9.68. The minimum atomic E-state index is -0.184. The quantitative estimate of drug-likeness (QED) is 0.727. The van der Waals surface area contributed by atoms with Crippen LogP contribution in [-0.4, -0.2) is 24.1 Å². The molecular formula is C23H24N2O3. The molecule has 4 rings (SSSR count). The molecule has 1 atom stereocenters. The first-order chi connectivity index (χ1) is 13.6. The van der Waals surface area contributed by atoms with Crippen LogP contribution in [0.3, 0.4) is 0 Å². The summed E-state index contributed by atoms with van der Waals surface area (Å²) in [5.41, 5.74) is 2.22. The van der Waals surface area contributed by atoms with Crippen LogP contribution >= 0.6 is 0 Å². The molecule has 0 bridgehead atoms. The van der Waals surface area contributed by atoms with Gasteiger partial charge in [-0.1, -0.05) is 44.2 Å². The highest BCUT2D eigenvalue weighted by atomic mass is 16.5. The maximum Gasteiger partial charge on any atom is 0.270 e. The maximum atomic E-state index is 12.9. The second-order valence-corrected chi connectivity index (χ2v) is 7.34. The van der Waals surface area contributed by atoms with E-state index in [0.29, 0.717) is 18.9 Å². The molecule has 0 spiro atoms. The van der Waals surface area contributed by atoms with Gasteiger partial charge >= 0.3 is 0 Å². The van der Waals surface area contributed by atoms with Crippen LogP contribution in [0.2, 0.25) is 0 Å². The zero-order chi connectivity index (χ0) is 19.5. The van der Waals surface area contributed by atoms with Crippen molar-refractivity contribution >= 4 is 16.8 Å². The van der Waals surface area contributed by atoms with Crippen molar-refractivity contribution in [2.24, 2.45) is 5.92 Å². The average molecular weight is 376 g/mol. The van der Waals surface area contributed by atoms with Gasteiger partial charge in [0.1, 0.15) is 5.69 Å². The lowest BCUT2D eigenvalue weighted by molar-refractivity contribution is 0.0920. The van der Waals surface area contributed by atoms with Gasteiger partial charge in [0, 0.05) is 11.8 Å². The Morgan fingerprint density at radius 2 is 1.79 bits per heavy atom. The van der Waals surface area contributed by atoms with E-state index in [-0.39, 0.29) is 17.9 Å². The zero-order valence-electron chi connectivity index (χ0n) is 16.1. The molecule has 1 aliphatic heterocycles. The fourth-order valence-electron chi connectivity index (χ4n) is 3.42. The first kappa shape index (κ1) is 18.3. The minimum Gasteiger partial charge on any atom is -0.490 e. The molecule has 2 heterocycles. The molecule has 0 fully saturated rings. The average Bonchev–Trinajstić information content (AvgIpc) is 2.96. The van der Waals surface area contributed by atoms with Gasteiger partial charge in [-0.05, 0) is 35.7 Å². The highest BCUT2D eigenvalue weighted by molar-refractivity contribution is 5.95. The molecule has 0 aliphatic carbocycles. The Bertz CT molecular complexity index is 1000. The summed E-state index contributed by atoms with van der Waals surface area (Å²) in [7, 11) is 0. The molecule has 1 amide bonds. The monoisotopic (exact) mass is 376 g/mol. The number of benzene rings is 2. The Kier molecular flexibility index (Phi) is 5.15. The van der Waals surface area contributed by atoms with Crippen molar-refractivity contribution < 1.29 is 14.3 Å². The lowest BCUT2D eigenvalue weighted by Crippen LogP contribution is -2.32. The molecule has 5 nitrogen and oxygen atoms in total. The Labute approximate surface area is 164 Å².